The van der Waals surface area contributed by atoms with Gasteiger partial charge in [0.2, 0.25) is 5.91 Å². The van der Waals surface area contributed by atoms with Crippen molar-refractivity contribution in [1.29, 1.82) is 0 Å². The second kappa shape index (κ2) is 8.73. The Balaban J connectivity index is 1.36. The van der Waals surface area contributed by atoms with Crippen molar-refractivity contribution in [3.05, 3.63) is 54.3 Å². The van der Waals surface area contributed by atoms with E-state index in [0.717, 1.165) is 18.7 Å². The predicted molar refractivity (Wildman–Crippen MR) is 113 cm³/mol. The molecule has 2 amide bonds. The smallest absolute Gasteiger partial charge is 0.267 e. The second-order valence-corrected chi connectivity index (χ2v) is 7.67. The summed E-state index contributed by atoms with van der Waals surface area (Å²) in [6.07, 6.45) is 0.556. The lowest BCUT2D eigenvalue weighted by Gasteiger charge is -2.33. The van der Waals surface area contributed by atoms with Crippen molar-refractivity contribution < 1.29 is 18.7 Å². The Morgan fingerprint density at radius 2 is 1.83 bits per heavy atom. The summed E-state index contributed by atoms with van der Waals surface area (Å²) in [7, 11) is 0. The summed E-state index contributed by atoms with van der Waals surface area (Å²) in [6.45, 7) is 4.88. The van der Waals surface area contributed by atoms with E-state index in [4.69, 9.17) is 4.74 Å². The first-order chi connectivity index (χ1) is 14.5. The van der Waals surface area contributed by atoms with Crippen LogP contribution in [0.15, 0.2) is 48.5 Å². The molecule has 30 heavy (non-hydrogen) atoms. The molecular formula is C23H26FN3O3. The van der Waals surface area contributed by atoms with E-state index in [-0.39, 0.29) is 24.1 Å². The normalized spacial score (nSPS) is 19.2. The van der Waals surface area contributed by atoms with Crippen LogP contribution in [0.2, 0.25) is 0 Å². The average Bonchev–Trinajstić information content (AvgIpc) is 3.01. The van der Waals surface area contributed by atoms with E-state index in [9.17, 15) is 14.0 Å². The van der Waals surface area contributed by atoms with Crippen molar-refractivity contribution in [2.24, 2.45) is 0 Å². The molecule has 0 radical (unpaired) electrons. The summed E-state index contributed by atoms with van der Waals surface area (Å²) in [4.78, 5) is 31.2. The number of halogens is 1. The van der Waals surface area contributed by atoms with E-state index in [1.165, 1.54) is 12.1 Å². The fraction of sp³-hybridized carbons (Fsp3) is 0.391. The molecule has 0 bridgehead atoms. The first kappa shape index (κ1) is 20.2. The van der Waals surface area contributed by atoms with E-state index < -0.39 is 6.10 Å². The lowest BCUT2D eigenvalue weighted by atomic mass is 10.1. The largest absolute Gasteiger partial charge is 0.479 e. The summed E-state index contributed by atoms with van der Waals surface area (Å²) in [6, 6.07) is 13.9. The number of para-hydroxylation sites is 2. The molecule has 158 valence electrons. The number of benzene rings is 2. The van der Waals surface area contributed by atoms with Crippen LogP contribution in [0.25, 0.3) is 0 Å². The minimum Gasteiger partial charge on any atom is -0.479 e. The Kier molecular flexibility index (Phi) is 5.88. The molecule has 2 aliphatic rings. The molecule has 6 nitrogen and oxygen atoms in total. The zero-order valence-corrected chi connectivity index (χ0v) is 17.1. The monoisotopic (exact) mass is 411 g/mol. The molecule has 0 aliphatic carbocycles. The van der Waals surface area contributed by atoms with Gasteiger partial charge in [0.25, 0.3) is 5.91 Å². The number of carbonyl (C=O) groups excluding carboxylic acids is 2. The molecule has 0 saturated carbocycles. The highest BCUT2D eigenvalue weighted by Crippen LogP contribution is 2.33. The highest BCUT2D eigenvalue weighted by Gasteiger charge is 2.31. The third kappa shape index (κ3) is 4.25. The number of hydrogen-bond acceptors (Lipinski definition) is 4. The molecule has 4 rings (SSSR count). The van der Waals surface area contributed by atoms with Crippen LogP contribution in [-0.4, -0.2) is 55.5 Å². The minimum absolute atomic E-state index is 0.0420. The van der Waals surface area contributed by atoms with Gasteiger partial charge in [-0.05, 0) is 49.7 Å². The third-order valence-electron chi connectivity index (χ3n) is 5.66. The molecule has 2 aromatic rings. The van der Waals surface area contributed by atoms with Gasteiger partial charge in [-0.3, -0.25) is 9.59 Å². The molecule has 1 saturated heterocycles. The van der Waals surface area contributed by atoms with Crippen molar-refractivity contribution >= 4 is 23.2 Å². The third-order valence-corrected chi connectivity index (χ3v) is 5.66. The average molecular weight is 411 g/mol. The van der Waals surface area contributed by atoms with Crippen LogP contribution < -0.4 is 14.5 Å². The van der Waals surface area contributed by atoms with E-state index in [0.29, 0.717) is 37.6 Å². The number of anilines is 2. The Bertz CT molecular complexity index is 918. The van der Waals surface area contributed by atoms with Crippen LogP contribution in [0.4, 0.5) is 15.8 Å². The van der Waals surface area contributed by atoms with Crippen LogP contribution >= 0.6 is 0 Å². The lowest BCUT2D eigenvalue weighted by molar-refractivity contribution is -0.131. The van der Waals surface area contributed by atoms with Gasteiger partial charge in [0.1, 0.15) is 11.6 Å². The van der Waals surface area contributed by atoms with Crippen LogP contribution in [0.3, 0.4) is 0 Å². The summed E-state index contributed by atoms with van der Waals surface area (Å²) in [5.74, 6) is 0.334. The maximum absolute atomic E-state index is 13.2. The number of amides is 2. The summed E-state index contributed by atoms with van der Waals surface area (Å²) < 4.78 is 18.8. The van der Waals surface area contributed by atoms with Gasteiger partial charge < -0.3 is 19.4 Å². The maximum Gasteiger partial charge on any atom is 0.267 e. The van der Waals surface area contributed by atoms with Crippen LogP contribution in [-0.2, 0) is 9.59 Å². The van der Waals surface area contributed by atoms with E-state index in [2.05, 4.69) is 4.90 Å². The van der Waals surface area contributed by atoms with Crippen molar-refractivity contribution in [3.8, 4) is 5.75 Å². The Morgan fingerprint density at radius 3 is 2.63 bits per heavy atom. The van der Waals surface area contributed by atoms with Gasteiger partial charge >= 0.3 is 0 Å². The van der Waals surface area contributed by atoms with Crippen LogP contribution in [0, 0.1) is 5.82 Å². The molecule has 2 heterocycles. The van der Waals surface area contributed by atoms with Gasteiger partial charge in [-0.25, -0.2) is 4.39 Å². The summed E-state index contributed by atoms with van der Waals surface area (Å²) >= 11 is 0. The first-order valence-electron chi connectivity index (χ1n) is 10.4. The van der Waals surface area contributed by atoms with Gasteiger partial charge in [0, 0.05) is 44.8 Å². The van der Waals surface area contributed by atoms with Crippen molar-refractivity contribution in [1.82, 2.24) is 4.90 Å². The fourth-order valence-electron chi connectivity index (χ4n) is 4.03. The van der Waals surface area contributed by atoms with Gasteiger partial charge in [0.15, 0.2) is 6.10 Å². The van der Waals surface area contributed by atoms with Gasteiger partial charge in [-0.15, -0.1) is 0 Å². The Morgan fingerprint density at radius 1 is 1.07 bits per heavy atom. The number of nitrogens with zero attached hydrogens (tertiary/aromatic N) is 3. The van der Waals surface area contributed by atoms with E-state index in [1.807, 2.05) is 29.2 Å². The van der Waals surface area contributed by atoms with Crippen LogP contribution in [0.5, 0.6) is 5.75 Å². The standard InChI is InChI=1S/C23H26FN3O3/c1-17-23(29)27(20-5-2-3-6-21(20)30-17)14-11-22(28)26-13-4-12-25(15-16-26)19-9-7-18(24)8-10-19/h2-3,5-10,17H,4,11-16H2,1H3. The molecule has 2 aliphatic heterocycles. The first-order valence-corrected chi connectivity index (χ1v) is 10.4. The van der Waals surface area contributed by atoms with Crippen molar-refractivity contribution in [3.63, 3.8) is 0 Å². The highest BCUT2D eigenvalue weighted by molar-refractivity contribution is 6.00. The molecule has 1 atom stereocenters. The zero-order valence-electron chi connectivity index (χ0n) is 17.1. The number of fused-ring (bicyclic) bond motifs is 1. The summed E-state index contributed by atoms with van der Waals surface area (Å²) in [5.41, 5.74) is 1.68. The Hall–Kier alpha value is -3.09. The quantitative estimate of drug-likeness (QED) is 0.776. The molecule has 1 fully saturated rings. The second-order valence-electron chi connectivity index (χ2n) is 7.67. The molecule has 0 spiro atoms. The van der Waals surface area contributed by atoms with E-state index >= 15 is 0 Å². The molecule has 1 unspecified atom stereocenters. The number of ether oxygens (including phenoxy) is 1. The number of carbonyl (C=O) groups is 2. The SMILES string of the molecule is CC1Oc2ccccc2N(CCC(=O)N2CCCN(c3ccc(F)cc3)CC2)C1=O. The van der Waals surface area contributed by atoms with Crippen LogP contribution in [0.1, 0.15) is 19.8 Å². The molecule has 0 N–H and O–H groups in total. The highest BCUT2D eigenvalue weighted by atomic mass is 19.1. The Labute approximate surface area is 175 Å². The maximum atomic E-state index is 13.2. The molecule has 7 heteroatoms. The van der Waals surface area contributed by atoms with E-state index in [1.54, 1.807) is 24.0 Å². The topological polar surface area (TPSA) is 53.1 Å². The van der Waals surface area contributed by atoms with Gasteiger partial charge in [-0.2, -0.15) is 0 Å². The predicted octanol–water partition coefficient (Wildman–Crippen LogP) is 3.07. The molecular weight excluding hydrogens is 385 g/mol. The van der Waals surface area contributed by atoms with Gasteiger partial charge in [-0.1, -0.05) is 12.1 Å². The zero-order chi connectivity index (χ0) is 21.1. The summed E-state index contributed by atoms with van der Waals surface area (Å²) in [5, 5.41) is 0. The van der Waals surface area contributed by atoms with Crippen molar-refractivity contribution in [2.45, 2.75) is 25.9 Å². The number of rotatable bonds is 4. The number of hydrogen-bond donors (Lipinski definition) is 0. The molecule has 0 aromatic heterocycles. The minimum atomic E-state index is -0.558. The fourth-order valence-corrected chi connectivity index (χ4v) is 4.03. The molecule has 2 aromatic carbocycles. The van der Waals surface area contributed by atoms with Crippen molar-refractivity contribution in [2.75, 3.05) is 42.5 Å². The van der Waals surface area contributed by atoms with Gasteiger partial charge in [0.05, 0.1) is 5.69 Å². The lowest BCUT2D eigenvalue weighted by Crippen LogP contribution is -2.46.